The summed E-state index contributed by atoms with van der Waals surface area (Å²) in [7, 11) is 1.98. The van der Waals surface area contributed by atoms with Gasteiger partial charge in [-0.25, -0.2) is 14.4 Å². The third kappa shape index (κ3) is 5.19. The Labute approximate surface area is 212 Å². The molecule has 3 aromatic heterocycles. The summed E-state index contributed by atoms with van der Waals surface area (Å²) in [6, 6.07) is 4.01. The number of likely N-dealkylation sites (N-methyl/N-ethyl adjacent to an activating group) is 1. The summed E-state index contributed by atoms with van der Waals surface area (Å²) >= 11 is 0. The fraction of sp³-hybridized carbons (Fsp3) is 0.538. The van der Waals surface area contributed by atoms with Crippen molar-refractivity contribution in [3.63, 3.8) is 0 Å². The van der Waals surface area contributed by atoms with Crippen molar-refractivity contribution in [2.75, 3.05) is 49.5 Å². The minimum absolute atomic E-state index is 0.305. The molecule has 2 aliphatic rings. The summed E-state index contributed by atoms with van der Waals surface area (Å²) in [5, 5.41) is 7.83. The predicted molar refractivity (Wildman–Crippen MR) is 139 cm³/mol. The molecule has 2 aliphatic heterocycles. The molecular weight excluding hydrogens is 457 g/mol. The van der Waals surface area contributed by atoms with Crippen molar-refractivity contribution < 1.29 is 4.39 Å². The Morgan fingerprint density at radius 1 is 1.03 bits per heavy atom. The van der Waals surface area contributed by atoms with Crippen LogP contribution >= 0.6 is 0 Å². The zero-order valence-corrected chi connectivity index (χ0v) is 21.7. The van der Waals surface area contributed by atoms with Crippen molar-refractivity contribution in [2.45, 2.75) is 46.2 Å². The number of fused-ring (bicyclic) bond motifs is 1. The maximum atomic E-state index is 14.8. The predicted octanol–water partition coefficient (Wildman–Crippen LogP) is 3.31. The van der Waals surface area contributed by atoms with Crippen LogP contribution < -0.4 is 10.2 Å². The van der Waals surface area contributed by atoms with E-state index in [4.69, 9.17) is 0 Å². The van der Waals surface area contributed by atoms with Gasteiger partial charge in [0, 0.05) is 76.7 Å². The van der Waals surface area contributed by atoms with E-state index in [0.717, 1.165) is 51.4 Å². The molecule has 0 amide bonds. The molecule has 1 N–H and O–H groups in total. The maximum Gasteiger partial charge on any atom is 0.230 e. The van der Waals surface area contributed by atoms with E-state index in [1.165, 1.54) is 23.0 Å². The van der Waals surface area contributed by atoms with E-state index < -0.39 is 5.82 Å². The van der Waals surface area contributed by atoms with Crippen LogP contribution in [-0.2, 0) is 26.6 Å². The molecule has 0 aliphatic carbocycles. The highest BCUT2D eigenvalue weighted by Gasteiger charge is 2.27. The van der Waals surface area contributed by atoms with Crippen LogP contribution in [0.3, 0.4) is 0 Å². The lowest BCUT2D eigenvalue weighted by Crippen LogP contribution is -2.45. The molecule has 0 saturated carbocycles. The van der Waals surface area contributed by atoms with Gasteiger partial charge in [-0.3, -0.25) is 9.58 Å². The molecule has 1 fully saturated rings. The molecule has 0 spiro atoms. The maximum absolute atomic E-state index is 14.8. The Morgan fingerprint density at radius 3 is 2.50 bits per heavy atom. The van der Waals surface area contributed by atoms with Crippen LogP contribution in [-0.4, -0.2) is 73.8 Å². The van der Waals surface area contributed by atoms with Gasteiger partial charge >= 0.3 is 0 Å². The van der Waals surface area contributed by atoms with Gasteiger partial charge in [0.25, 0.3) is 0 Å². The summed E-state index contributed by atoms with van der Waals surface area (Å²) in [4.78, 5) is 20.2. The number of nitrogens with one attached hydrogen (secondary N) is 1. The van der Waals surface area contributed by atoms with Crippen molar-refractivity contribution in [1.29, 1.82) is 0 Å². The van der Waals surface area contributed by atoms with E-state index in [2.05, 4.69) is 62.0 Å². The summed E-state index contributed by atoms with van der Waals surface area (Å²) in [5.41, 5.74) is 4.65. The van der Waals surface area contributed by atoms with Gasteiger partial charge in [-0.15, -0.1) is 0 Å². The summed E-state index contributed by atoms with van der Waals surface area (Å²) < 4.78 is 16.8. The Morgan fingerprint density at radius 2 is 1.81 bits per heavy atom. The van der Waals surface area contributed by atoms with Gasteiger partial charge in [-0.05, 0) is 24.1 Å². The lowest BCUT2D eigenvalue weighted by molar-refractivity contribution is 0.132. The van der Waals surface area contributed by atoms with Crippen LogP contribution in [0, 0.1) is 5.82 Å². The monoisotopic (exact) mass is 493 g/mol. The average molecular weight is 494 g/mol. The van der Waals surface area contributed by atoms with E-state index in [1.54, 1.807) is 0 Å². The number of hydrogen-bond donors (Lipinski definition) is 1. The molecule has 0 aromatic carbocycles. The second-order valence-electron chi connectivity index (χ2n) is 10.0. The first-order chi connectivity index (χ1) is 17.4. The first-order valence-corrected chi connectivity index (χ1v) is 12.9. The number of anilines is 3. The van der Waals surface area contributed by atoms with Crippen molar-refractivity contribution in [3.8, 4) is 0 Å². The molecule has 5 heterocycles. The molecule has 0 bridgehead atoms. The molecule has 36 heavy (non-hydrogen) atoms. The van der Waals surface area contributed by atoms with E-state index in [-0.39, 0.29) is 0 Å². The number of aryl methyl sites for hydroxylation is 1. The lowest BCUT2D eigenvalue weighted by atomic mass is 9.99. The van der Waals surface area contributed by atoms with Gasteiger partial charge in [0.1, 0.15) is 5.82 Å². The van der Waals surface area contributed by atoms with Crippen molar-refractivity contribution in [1.82, 2.24) is 34.5 Å². The topological polar surface area (TPSA) is 78.2 Å². The fourth-order valence-electron chi connectivity index (χ4n) is 5.29. The Hall–Kier alpha value is -3.11. The van der Waals surface area contributed by atoms with Gasteiger partial charge in [0.05, 0.1) is 11.9 Å². The highest BCUT2D eigenvalue weighted by Crippen LogP contribution is 2.30. The van der Waals surface area contributed by atoms with Crippen LogP contribution in [0.15, 0.2) is 24.5 Å². The molecule has 5 rings (SSSR count). The highest BCUT2D eigenvalue weighted by molar-refractivity contribution is 5.53. The number of rotatable bonds is 7. The number of halogens is 1. The zero-order valence-electron chi connectivity index (χ0n) is 21.7. The summed E-state index contributed by atoms with van der Waals surface area (Å²) in [6.07, 6.45) is 3.89. The van der Waals surface area contributed by atoms with Gasteiger partial charge in [0.15, 0.2) is 11.6 Å². The van der Waals surface area contributed by atoms with Crippen LogP contribution in [0.2, 0.25) is 0 Å². The van der Waals surface area contributed by atoms with Gasteiger partial charge < -0.3 is 15.1 Å². The summed E-state index contributed by atoms with van der Waals surface area (Å²) in [5.74, 6) is 1.20. The number of hydrogen-bond acceptors (Lipinski definition) is 8. The Balaban J connectivity index is 1.26. The number of aromatic nitrogens is 5. The number of nitrogens with zero attached hydrogens (tertiary/aromatic N) is 8. The molecular formula is C26H36FN9. The molecule has 0 unspecified atom stereocenters. The van der Waals surface area contributed by atoms with E-state index in [1.807, 2.05) is 28.9 Å². The minimum atomic E-state index is -0.425. The largest absolute Gasteiger partial charge is 0.349 e. The smallest absolute Gasteiger partial charge is 0.230 e. The Bertz CT molecular complexity index is 1180. The second-order valence-corrected chi connectivity index (χ2v) is 10.0. The SMILES string of the molecule is CCN1CCN(Cc2ccc(Nc3ncc(F)c(N4CCc5nn(C)c(C(C)C)c5C4)n3)nc2)CC1. The Kier molecular flexibility index (Phi) is 7.15. The third-order valence-corrected chi connectivity index (χ3v) is 7.20. The molecule has 9 nitrogen and oxygen atoms in total. The number of pyridine rings is 1. The zero-order chi connectivity index (χ0) is 25.2. The summed E-state index contributed by atoms with van der Waals surface area (Å²) in [6.45, 7) is 14.2. The van der Waals surface area contributed by atoms with Crippen LogP contribution in [0.1, 0.15) is 49.2 Å². The van der Waals surface area contributed by atoms with Crippen LogP contribution in [0.5, 0.6) is 0 Å². The minimum Gasteiger partial charge on any atom is -0.349 e. The van der Waals surface area contributed by atoms with Crippen LogP contribution in [0.25, 0.3) is 0 Å². The van der Waals surface area contributed by atoms with Gasteiger partial charge in [-0.1, -0.05) is 26.8 Å². The van der Waals surface area contributed by atoms with Gasteiger partial charge in [0.2, 0.25) is 5.95 Å². The van der Waals surface area contributed by atoms with Crippen molar-refractivity contribution in [2.24, 2.45) is 7.05 Å². The molecule has 3 aromatic rings. The lowest BCUT2D eigenvalue weighted by Gasteiger charge is -2.33. The van der Waals surface area contributed by atoms with Crippen molar-refractivity contribution in [3.05, 3.63) is 52.9 Å². The second kappa shape index (κ2) is 10.5. The molecule has 192 valence electrons. The van der Waals surface area contributed by atoms with E-state index in [9.17, 15) is 4.39 Å². The normalized spacial score (nSPS) is 17.0. The van der Waals surface area contributed by atoms with Crippen molar-refractivity contribution >= 4 is 17.6 Å². The van der Waals surface area contributed by atoms with E-state index in [0.29, 0.717) is 36.6 Å². The van der Waals surface area contributed by atoms with Gasteiger partial charge in [-0.2, -0.15) is 10.1 Å². The molecule has 10 heteroatoms. The van der Waals surface area contributed by atoms with E-state index >= 15 is 0 Å². The fourth-order valence-corrected chi connectivity index (χ4v) is 5.29. The molecule has 0 radical (unpaired) electrons. The molecule has 0 atom stereocenters. The average Bonchev–Trinajstić information content (AvgIpc) is 3.22. The quantitative estimate of drug-likeness (QED) is 0.537. The highest BCUT2D eigenvalue weighted by atomic mass is 19.1. The third-order valence-electron chi connectivity index (χ3n) is 7.20. The standard InChI is InChI=1S/C26H36FN9/c1-5-34-10-12-35(13-11-34)16-19-6-7-23(28-14-19)30-26-29-15-21(27)25(31-26)36-9-8-22-20(17-36)24(18(2)3)33(4)32-22/h6-7,14-15,18H,5,8-13,16-17H2,1-4H3,(H,28,29,30,31). The number of piperazine rings is 1. The first-order valence-electron chi connectivity index (χ1n) is 12.9. The first kappa shape index (κ1) is 24.6. The van der Waals surface area contributed by atoms with Crippen LogP contribution in [0.4, 0.5) is 22.0 Å². The molecule has 1 saturated heterocycles.